The third-order valence-corrected chi connectivity index (χ3v) is 2.14. The van der Waals surface area contributed by atoms with Crippen molar-refractivity contribution in [2.75, 3.05) is 13.1 Å². The van der Waals surface area contributed by atoms with Crippen molar-refractivity contribution in [1.29, 1.82) is 0 Å². The predicted molar refractivity (Wildman–Crippen MR) is 58.6 cm³/mol. The van der Waals surface area contributed by atoms with Crippen molar-refractivity contribution in [2.45, 2.75) is 51.6 Å². The minimum absolute atomic E-state index is 0.0776. The van der Waals surface area contributed by atoms with Gasteiger partial charge >= 0.3 is 0 Å². The molecule has 0 saturated heterocycles. The van der Waals surface area contributed by atoms with Crippen LogP contribution in [0.15, 0.2) is 0 Å². The lowest BCUT2D eigenvalue weighted by atomic mass is 9.98. The van der Waals surface area contributed by atoms with Crippen molar-refractivity contribution < 1.29 is 0 Å². The Morgan fingerprint density at radius 3 is 2.00 bits per heavy atom. The van der Waals surface area contributed by atoms with Crippen molar-refractivity contribution in [3.63, 3.8) is 0 Å². The van der Waals surface area contributed by atoms with Gasteiger partial charge in [0.05, 0.1) is 0 Å². The van der Waals surface area contributed by atoms with Crippen LogP contribution in [0.4, 0.5) is 0 Å². The van der Waals surface area contributed by atoms with Crippen LogP contribution in [-0.2, 0) is 0 Å². The summed E-state index contributed by atoms with van der Waals surface area (Å²) in [6.07, 6.45) is 1.99. The molecule has 0 heterocycles. The van der Waals surface area contributed by atoms with E-state index in [1.54, 1.807) is 0 Å². The fourth-order valence-electron chi connectivity index (χ4n) is 1.17. The summed E-state index contributed by atoms with van der Waals surface area (Å²) < 4.78 is 0. The van der Waals surface area contributed by atoms with Gasteiger partial charge in [0.2, 0.25) is 0 Å². The molecular formula is C10H25N3. The first-order valence-corrected chi connectivity index (χ1v) is 5.01. The van der Waals surface area contributed by atoms with Gasteiger partial charge in [-0.05, 0) is 53.6 Å². The molecule has 13 heavy (non-hydrogen) atoms. The molecule has 0 bridgehead atoms. The number of nitrogens with two attached hydrogens (primary N) is 2. The zero-order valence-electron chi connectivity index (χ0n) is 9.48. The second-order valence-electron chi connectivity index (χ2n) is 5.09. The van der Waals surface area contributed by atoms with Gasteiger partial charge in [0.25, 0.3) is 0 Å². The molecule has 0 aromatic heterocycles. The molecule has 0 aromatic carbocycles. The van der Waals surface area contributed by atoms with Crippen LogP contribution in [-0.4, -0.2) is 24.2 Å². The molecule has 5 N–H and O–H groups in total. The molecule has 3 nitrogen and oxygen atoms in total. The molecule has 3 heteroatoms. The summed E-state index contributed by atoms with van der Waals surface area (Å²) in [7, 11) is 0. The summed E-state index contributed by atoms with van der Waals surface area (Å²) in [5.74, 6) is 0. The highest BCUT2D eigenvalue weighted by atomic mass is 15.0. The van der Waals surface area contributed by atoms with Gasteiger partial charge in [0.15, 0.2) is 0 Å². The third kappa shape index (κ3) is 8.22. The summed E-state index contributed by atoms with van der Waals surface area (Å²) in [5, 5.41) is 3.46. The van der Waals surface area contributed by atoms with Crippen LogP contribution >= 0.6 is 0 Å². The molecule has 0 fully saturated rings. The van der Waals surface area contributed by atoms with E-state index < -0.39 is 0 Å². The number of nitrogens with one attached hydrogen (secondary N) is 1. The standard InChI is InChI=1S/C10H25N3/c1-9(2,12)6-8-13-10(3,4)5-7-11/h13H,5-8,11-12H2,1-4H3. The van der Waals surface area contributed by atoms with Gasteiger partial charge in [0.1, 0.15) is 0 Å². The monoisotopic (exact) mass is 187 g/mol. The van der Waals surface area contributed by atoms with Crippen molar-refractivity contribution in [3.8, 4) is 0 Å². The zero-order valence-corrected chi connectivity index (χ0v) is 9.48. The van der Waals surface area contributed by atoms with Gasteiger partial charge in [0, 0.05) is 11.1 Å². The van der Waals surface area contributed by atoms with Crippen molar-refractivity contribution in [3.05, 3.63) is 0 Å². The van der Waals surface area contributed by atoms with Crippen molar-refractivity contribution in [2.24, 2.45) is 11.5 Å². The first-order chi connectivity index (χ1) is 5.77. The number of hydrogen-bond donors (Lipinski definition) is 3. The van der Waals surface area contributed by atoms with Crippen LogP contribution in [0, 0.1) is 0 Å². The van der Waals surface area contributed by atoms with E-state index in [1.165, 1.54) is 0 Å². The lowest BCUT2D eigenvalue weighted by Crippen LogP contribution is -2.44. The molecule has 0 radical (unpaired) electrons. The van der Waals surface area contributed by atoms with E-state index in [4.69, 9.17) is 11.5 Å². The Morgan fingerprint density at radius 2 is 1.62 bits per heavy atom. The molecule has 0 unspecified atom stereocenters. The quantitative estimate of drug-likeness (QED) is 0.577. The van der Waals surface area contributed by atoms with Gasteiger partial charge in [-0.15, -0.1) is 0 Å². The number of rotatable bonds is 6. The average molecular weight is 187 g/mol. The van der Waals surface area contributed by atoms with Gasteiger partial charge in [-0.25, -0.2) is 0 Å². The smallest absolute Gasteiger partial charge is 0.0137 e. The molecule has 0 aliphatic rings. The summed E-state index contributed by atoms with van der Waals surface area (Å²) in [4.78, 5) is 0. The molecule has 0 saturated carbocycles. The molecule has 0 atom stereocenters. The summed E-state index contributed by atoms with van der Waals surface area (Å²) >= 11 is 0. The Hall–Kier alpha value is -0.120. The molecule has 80 valence electrons. The number of hydrogen-bond acceptors (Lipinski definition) is 3. The Balaban J connectivity index is 3.63. The van der Waals surface area contributed by atoms with Gasteiger partial charge < -0.3 is 16.8 Å². The van der Waals surface area contributed by atoms with Crippen LogP contribution in [0.5, 0.6) is 0 Å². The normalized spacial score (nSPS) is 13.4. The molecule has 0 spiro atoms. The summed E-state index contributed by atoms with van der Waals surface area (Å²) in [6.45, 7) is 10.1. The van der Waals surface area contributed by atoms with E-state index in [-0.39, 0.29) is 11.1 Å². The summed E-state index contributed by atoms with van der Waals surface area (Å²) in [5.41, 5.74) is 11.4. The van der Waals surface area contributed by atoms with Crippen molar-refractivity contribution in [1.82, 2.24) is 5.32 Å². The van der Waals surface area contributed by atoms with E-state index in [9.17, 15) is 0 Å². The molecule has 0 aromatic rings. The lowest BCUT2D eigenvalue weighted by molar-refractivity contribution is 0.342. The fourth-order valence-corrected chi connectivity index (χ4v) is 1.17. The van der Waals surface area contributed by atoms with Crippen LogP contribution in [0.2, 0.25) is 0 Å². The second kappa shape index (κ2) is 4.94. The Morgan fingerprint density at radius 1 is 1.08 bits per heavy atom. The predicted octanol–water partition coefficient (Wildman–Crippen LogP) is 0.831. The Bertz CT molecular complexity index is 136. The molecule has 0 aliphatic heterocycles. The van der Waals surface area contributed by atoms with Crippen LogP contribution < -0.4 is 16.8 Å². The van der Waals surface area contributed by atoms with Gasteiger partial charge in [-0.2, -0.15) is 0 Å². The van der Waals surface area contributed by atoms with Crippen molar-refractivity contribution >= 4 is 0 Å². The van der Waals surface area contributed by atoms with Gasteiger partial charge in [-0.1, -0.05) is 0 Å². The average Bonchev–Trinajstić information content (AvgIpc) is 1.82. The Labute approximate surface area is 82.3 Å². The largest absolute Gasteiger partial charge is 0.330 e. The van der Waals surface area contributed by atoms with E-state index in [0.717, 1.165) is 25.9 Å². The maximum atomic E-state index is 5.87. The summed E-state index contributed by atoms with van der Waals surface area (Å²) in [6, 6.07) is 0. The fraction of sp³-hybridized carbons (Fsp3) is 1.00. The first kappa shape index (κ1) is 12.9. The first-order valence-electron chi connectivity index (χ1n) is 5.01. The zero-order chi connectivity index (χ0) is 10.5. The highest BCUT2D eigenvalue weighted by molar-refractivity contribution is 4.80. The highest BCUT2D eigenvalue weighted by Gasteiger charge is 2.17. The van der Waals surface area contributed by atoms with Crippen LogP contribution in [0.3, 0.4) is 0 Å². The molecule has 0 rings (SSSR count). The highest BCUT2D eigenvalue weighted by Crippen LogP contribution is 2.08. The molecular weight excluding hydrogens is 162 g/mol. The Kier molecular flexibility index (Phi) is 4.89. The second-order valence-corrected chi connectivity index (χ2v) is 5.09. The lowest BCUT2D eigenvalue weighted by Gasteiger charge is -2.28. The maximum Gasteiger partial charge on any atom is 0.0137 e. The topological polar surface area (TPSA) is 64.1 Å². The SMILES string of the molecule is CC(C)(N)CCNC(C)(C)CCN. The van der Waals surface area contributed by atoms with E-state index in [0.29, 0.717) is 0 Å². The molecule has 0 amide bonds. The van der Waals surface area contributed by atoms with Gasteiger partial charge in [-0.3, -0.25) is 0 Å². The van der Waals surface area contributed by atoms with E-state index in [1.807, 2.05) is 13.8 Å². The maximum absolute atomic E-state index is 5.87. The van der Waals surface area contributed by atoms with Crippen LogP contribution in [0.1, 0.15) is 40.5 Å². The minimum atomic E-state index is -0.0776. The molecule has 0 aliphatic carbocycles. The third-order valence-electron chi connectivity index (χ3n) is 2.14. The van der Waals surface area contributed by atoms with E-state index >= 15 is 0 Å². The minimum Gasteiger partial charge on any atom is -0.330 e. The van der Waals surface area contributed by atoms with Crippen LogP contribution in [0.25, 0.3) is 0 Å². The van der Waals surface area contributed by atoms with E-state index in [2.05, 4.69) is 19.2 Å².